The molecule has 6 N–H and O–H groups in total. The van der Waals surface area contributed by atoms with E-state index in [0.717, 1.165) is 51.4 Å². The lowest BCUT2D eigenvalue weighted by Gasteiger charge is -2.40. The molecule has 0 spiro atoms. The second-order valence-electron chi connectivity index (χ2n) is 15.1. The highest BCUT2D eigenvalue weighted by molar-refractivity contribution is 5.76. The number of amides is 1. The Kier molecular flexibility index (Phi) is 31.5. The quantitative estimate of drug-likeness (QED) is 0.0283. The van der Waals surface area contributed by atoms with Gasteiger partial charge in [-0.1, -0.05) is 161 Å². The van der Waals surface area contributed by atoms with E-state index in [1.54, 1.807) is 0 Å². The van der Waals surface area contributed by atoms with Crippen LogP contribution >= 0.6 is 0 Å². The van der Waals surface area contributed by atoms with Crippen molar-refractivity contribution in [1.82, 2.24) is 5.32 Å². The van der Waals surface area contributed by atoms with Crippen molar-refractivity contribution in [3.8, 4) is 0 Å². The number of carbonyl (C=O) groups excluding carboxylic acids is 1. The normalized spacial score (nSPS) is 22.1. The third kappa shape index (κ3) is 24.8. The molecule has 1 aliphatic rings. The maximum absolute atomic E-state index is 12.9. The summed E-state index contributed by atoms with van der Waals surface area (Å²) in [6.07, 6.45) is 29.2. The first-order chi connectivity index (χ1) is 24.8. The van der Waals surface area contributed by atoms with E-state index >= 15 is 0 Å². The first kappa shape index (κ1) is 48.0. The minimum Gasteiger partial charge on any atom is -0.394 e. The van der Waals surface area contributed by atoms with Crippen LogP contribution in [0.2, 0.25) is 0 Å². The van der Waals surface area contributed by atoms with Gasteiger partial charge in [-0.05, 0) is 38.5 Å². The van der Waals surface area contributed by atoms with Gasteiger partial charge in [-0.3, -0.25) is 4.79 Å². The van der Waals surface area contributed by atoms with Gasteiger partial charge in [0, 0.05) is 6.42 Å². The van der Waals surface area contributed by atoms with Crippen LogP contribution in [0.5, 0.6) is 0 Å². The summed E-state index contributed by atoms with van der Waals surface area (Å²) in [6.45, 7) is 3.81. The Labute approximate surface area is 312 Å². The van der Waals surface area contributed by atoms with Crippen LogP contribution in [-0.2, 0) is 14.3 Å². The second-order valence-corrected chi connectivity index (χ2v) is 15.1. The number of carbonyl (C=O) groups is 1. The Hall–Kier alpha value is -1.07. The summed E-state index contributed by atoms with van der Waals surface area (Å²) in [5.41, 5.74) is 0. The SMILES string of the molecule is CCCCCCCC/C=C\CCCCCCCC(=O)N[C@@H](CO[C@@H]1O[C@H](CO)[C@@H](O)C(O)C1O)[C@H](O)CCCCCCCCCCCCCCC. The van der Waals surface area contributed by atoms with E-state index in [-0.39, 0.29) is 12.5 Å². The van der Waals surface area contributed by atoms with Crippen LogP contribution in [0, 0.1) is 0 Å². The standard InChI is InChI=1S/C42H81NO8/c1-3-5-7-9-11-13-15-17-18-20-22-24-26-28-30-32-38(46)43-35(34-50-42-41(49)40(48)39(47)37(33-44)51-42)36(45)31-29-27-25-23-21-19-16-14-12-10-8-6-4-2/h17-18,35-37,39-42,44-45,47-49H,3-16,19-34H2,1-2H3,(H,43,46)/b18-17-/t35-,36+,37+,39+,40?,41?,42+/m0/s1. The van der Waals surface area contributed by atoms with Gasteiger partial charge in [0.2, 0.25) is 5.91 Å². The summed E-state index contributed by atoms with van der Waals surface area (Å²) in [5.74, 6) is -0.153. The Morgan fingerprint density at radius 2 is 1.10 bits per heavy atom. The van der Waals surface area contributed by atoms with Crippen molar-refractivity contribution in [2.45, 2.75) is 236 Å². The van der Waals surface area contributed by atoms with Crippen LogP contribution in [0.1, 0.15) is 194 Å². The van der Waals surface area contributed by atoms with Crippen LogP contribution in [0.15, 0.2) is 12.2 Å². The molecule has 0 aromatic heterocycles. The molecule has 51 heavy (non-hydrogen) atoms. The number of aliphatic hydroxyl groups excluding tert-OH is 5. The fraction of sp³-hybridized carbons (Fsp3) is 0.929. The molecule has 9 nitrogen and oxygen atoms in total. The number of unbranched alkanes of at least 4 members (excludes halogenated alkanes) is 23. The molecule has 302 valence electrons. The molecule has 0 aliphatic carbocycles. The third-order valence-electron chi connectivity index (χ3n) is 10.4. The molecule has 1 aliphatic heterocycles. The van der Waals surface area contributed by atoms with E-state index in [1.165, 1.54) is 116 Å². The molecule has 0 aromatic rings. The minimum absolute atomic E-state index is 0.138. The predicted molar refractivity (Wildman–Crippen MR) is 207 cm³/mol. The Morgan fingerprint density at radius 1 is 0.647 bits per heavy atom. The molecule has 1 fully saturated rings. The number of ether oxygens (including phenoxy) is 2. The fourth-order valence-electron chi connectivity index (χ4n) is 6.86. The first-order valence-electron chi connectivity index (χ1n) is 21.4. The average molecular weight is 728 g/mol. The number of nitrogens with one attached hydrogen (secondary N) is 1. The van der Waals surface area contributed by atoms with E-state index in [9.17, 15) is 30.3 Å². The molecule has 1 saturated heterocycles. The van der Waals surface area contributed by atoms with Crippen molar-refractivity contribution in [2.24, 2.45) is 0 Å². The van der Waals surface area contributed by atoms with E-state index in [0.29, 0.717) is 12.8 Å². The molecule has 0 aromatic carbocycles. The van der Waals surface area contributed by atoms with Gasteiger partial charge in [-0.15, -0.1) is 0 Å². The summed E-state index contributed by atoms with van der Waals surface area (Å²) in [7, 11) is 0. The van der Waals surface area contributed by atoms with E-state index in [2.05, 4.69) is 31.3 Å². The van der Waals surface area contributed by atoms with E-state index < -0.39 is 49.5 Å². The van der Waals surface area contributed by atoms with E-state index in [4.69, 9.17) is 9.47 Å². The summed E-state index contributed by atoms with van der Waals surface area (Å²) in [5, 5.41) is 54.2. The van der Waals surface area contributed by atoms with Crippen molar-refractivity contribution in [1.29, 1.82) is 0 Å². The largest absolute Gasteiger partial charge is 0.394 e. The van der Waals surface area contributed by atoms with Gasteiger partial charge >= 0.3 is 0 Å². The van der Waals surface area contributed by atoms with Gasteiger partial charge < -0.3 is 40.3 Å². The molecule has 0 radical (unpaired) electrons. The van der Waals surface area contributed by atoms with Crippen molar-refractivity contribution in [3.05, 3.63) is 12.2 Å². The molecule has 9 heteroatoms. The monoisotopic (exact) mass is 728 g/mol. The van der Waals surface area contributed by atoms with E-state index in [1.807, 2.05) is 0 Å². The van der Waals surface area contributed by atoms with Crippen LogP contribution in [0.25, 0.3) is 0 Å². The topological polar surface area (TPSA) is 149 Å². The Balaban J connectivity index is 2.38. The maximum atomic E-state index is 12.9. The van der Waals surface area contributed by atoms with Gasteiger partial charge in [0.25, 0.3) is 0 Å². The highest BCUT2D eigenvalue weighted by atomic mass is 16.7. The van der Waals surface area contributed by atoms with Crippen molar-refractivity contribution >= 4 is 5.91 Å². The molecule has 1 heterocycles. The smallest absolute Gasteiger partial charge is 0.220 e. The van der Waals surface area contributed by atoms with Crippen LogP contribution in [0.4, 0.5) is 0 Å². The molecular formula is C42H81NO8. The zero-order chi connectivity index (χ0) is 37.4. The summed E-state index contributed by atoms with van der Waals surface area (Å²) in [4.78, 5) is 12.9. The number of hydrogen-bond acceptors (Lipinski definition) is 8. The van der Waals surface area contributed by atoms with Crippen LogP contribution in [-0.4, -0.2) is 87.5 Å². The molecule has 1 amide bonds. The average Bonchev–Trinajstić information content (AvgIpc) is 3.13. The molecule has 2 unspecified atom stereocenters. The summed E-state index contributed by atoms with van der Waals surface area (Å²) in [6, 6.07) is -0.717. The lowest BCUT2D eigenvalue weighted by Crippen LogP contribution is -2.60. The van der Waals surface area contributed by atoms with Gasteiger partial charge in [0.15, 0.2) is 6.29 Å². The number of rotatable bonds is 35. The van der Waals surface area contributed by atoms with Gasteiger partial charge in [-0.2, -0.15) is 0 Å². The van der Waals surface area contributed by atoms with Crippen molar-refractivity contribution < 1.29 is 39.8 Å². The van der Waals surface area contributed by atoms with Crippen molar-refractivity contribution in [3.63, 3.8) is 0 Å². The molecular weight excluding hydrogens is 646 g/mol. The maximum Gasteiger partial charge on any atom is 0.220 e. The highest BCUT2D eigenvalue weighted by Gasteiger charge is 2.44. The third-order valence-corrected chi connectivity index (χ3v) is 10.4. The molecule has 0 saturated carbocycles. The fourth-order valence-corrected chi connectivity index (χ4v) is 6.86. The lowest BCUT2D eigenvalue weighted by molar-refractivity contribution is -0.302. The molecule has 7 atom stereocenters. The zero-order valence-corrected chi connectivity index (χ0v) is 32.9. The first-order valence-corrected chi connectivity index (χ1v) is 21.4. The molecule has 0 bridgehead atoms. The Morgan fingerprint density at radius 3 is 1.59 bits per heavy atom. The second kappa shape index (κ2) is 33.5. The van der Waals surface area contributed by atoms with Gasteiger partial charge in [0.1, 0.15) is 24.4 Å². The Bertz CT molecular complexity index is 812. The summed E-state index contributed by atoms with van der Waals surface area (Å²) < 4.78 is 11.2. The number of hydrogen-bond donors (Lipinski definition) is 6. The minimum atomic E-state index is -1.55. The summed E-state index contributed by atoms with van der Waals surface area (Å²) >= 11 is 0. The van der Waals surface area contributed by atoms with Crippen LogP contribution in [0.3, 0.4) is 0 Å². The van der Waals surface area contributed by atoms with Crippen molar-refractivity contribution in [2.75, 3.05) is 13.2 Å². The lowest BCUT2D eigenvalue weighted by atomic mass is 9.99. The molecule has 1 rings (SSSR count). The number of aliphatic hydroxyl groups is 5. The zero-order valence-electron chi connectivity index (χ0n) is 32.9. The number of allylic oxidation sites excluding steroid dienone is 2. The highest BCUT2D eigenvalue weighted by Crippen LogP contribution is 2.23. The van der Waals surface area contributed by atoms with Crippen LogP contribution < -0.4 is 5.32 Å². The predicted octanol–water partition coefficient (Wildman–Crippen LogP) is 8.17. The van der Waals surface area contributed by atoms with Gasteiger partial charge in [-0.25, -0.2) is 0 Å². The van der Waals surface area contributed by atoms with Gasteiger partial charge in [0.05, 0.1) is 25.4 Å².